The Labute approximate surface area is 132 Å². The van der Waals surface area contributed by atoms with Crippen molar-refractivity contribution in [1.82, 2.24) is 10.3 Å². The Kier molecular flexibility index (Phi) is 6.34. The second-order valence-electron chi connectivity index (χ2n) is 7.01. The first kappa shape index (κ1) is 18.4. The van der Waals surface area contributed by atoms with Crippen molar-refractivity contribution in [2.24, 2.45) is 5.10 Å². The van der Waals surface area contributed by atoms with Crippen molar-refractivity contribution in [3.05, 3.63) is 0 Å². The normalized spacial score (nSPS) is 16.9. The molecule has 0 aromatic heterocycles. The fourth-order valence-corrected chi connectivity index (χ4v) is 2.19. The summed E-state index contributed by atoms with van der Waals surface area (Å²) >= 11 is 0. The van der Waals surface area contributed by atoms with E-state index in [1.807, 2.05) is 13.8 Å². The van der Waals surface area contributed by atoms with E-state index >= 15 is 0 Å². The van der Waals surface area contributed by atoms with Crippen LogP contribution in [-0.4, -0.2) is 54.0 Å². The number of amides is 1. The minimum absolute atomic E-state index is 0.533. The van der Waals surface area contributed by atoms with E-state index in [4.69, 9.17) is 9.47 Å². The molecule has 7 heteroatoms. The summed E-state index contributed by atoms with van der Waals surface area (Å²) in [5.41, 5.74) is 2.27. The van der Waals surface area contributed by atoms with E-state index in [1.54, 1.807) is 20.8 Å². The lowest BCUT2D eigenvalue weighted by atomic mass is 10.0. The molecule has 1 radical (unpaired) electrons. The molecule has 0 unspecified atom stereocenters. The number of nitrogens with zero attached hydrogens (tertiary/aromatic N) is 2. The zero-order chi connectivity index (χ0) is 16.8. The van der Waals surface area contributed by atoms with Crippen molar-refractivity contribution in [2.75, 3.05) is 19.6 Å². The predicted molar refractivity (Wildman–Crippen MR) is 83.3 cm³/mol. The standard InChI is InChI=1S/C15H26N3O4/c1-14(2,3)22-13(20)17-16-12-6-8-18(9-7-12)10-15(4,5)21-11-19/h6-10H2,1-5H3,(H,17,20). The topological polar surface area (TPSA) is 80.2 Å². The molecule has 1 fully saturated rings. The van der Waals surface area contributed by atoms with Crippen LogP contribution in [0.25, 0.3) is 0 Å². The first-order valence-corrected chi connectivity index (χ1v) is 7.43. The molecule has 125 valence electrons. The number of ether oxygens (including phenoxy) is 2. The van der Waals surface area contributed by atoms with Crippen LogP contribution in [0.5, 0.6) is 0 Å². The number of likely N-dealkylation sites (tertiary alicyclic amines) is 1. The highest BCUT2D eigenvalue weighted by molar-refractivity contribution is 5.86. The van der Waals surface area contributed by atoms with Gasteiger partial charge < -0.3 is 9.47 Å². The van der Waals surface area contributed by atoms with Crippen LogP contribution in [0.2, 0.25) is 0 Å². The van der Waals surface area contributed by atoms with Crippen LogP contribution in [0, 0.1) is 0 Å². The number of hydrogen-bond donors (Lipinski definition) is 1. The first-order valence-electron chi connectivity index (χ1n) is 7.43. The van der Waals surface area contributed by atoms with Crippen molar-refractivity contribution < 1.29 is 19.1 Å². The van der Waals surface area contributed by atoms with Crippen molar-refractivity contribution in [3.8, 4) is 0 Å². The Bertz CT molecular complexity index is 417. The van der Waals surface area contributed by atoms with Crippen molar-refractivity contribution in [2.45, 2.75) is 58.7 Å². The lowest BCUT2D eigenvalue weighted by Crippen LogP contribution is -2.44. The van der Waals surface area contributed by atoms with Crippen molar-refractivity contribution in [3.63, 3.8) is 0 Å². The van der Waals surface area contributed by atoms with Gasteiger partial charge in [-0.3, -0.25) is 4.90 Å². The van der Waals surface area contributed by atoms with Gasteiger partial charge in [-0.05, 0) is 34.6 Å². The Morgan fingerprint density at radius 3 is 2.36 bits per heavy atom. The minimum atomic E-state index is -0.550. The molecule has 1 rings (SSSR count). The predicted octanol–water partition coefficient (Wildman–Crippen LogP) is 1.83. The summed E-state index contributed by atoms with van der Waals surface area (Å²) in [6.45, 7) is 12.9. The molecule has 1 amide bonds. The molecule has 0 aliphatic carbocycles. The van der Waals surface area contributed by atoms with Gasteiger partial charge in [0, 0.05) is 38.2 Å². The summed E-state index contributed by atoms with van der Waals surface area (Å²) in [4.78, 5) is 24.0. The van der Waals surface area contributed by atoms with E-state index in [0.29, 0.717) is 6.54 Å². The van der Waals surface area contributed by atoms with Gasteiger partial charge >= 0.3 is 12.6 Å². The van der Waals surface area contributed by atoms with E-state index < -0.39 is 17.3 Å². The van der Waals surface area contributed by atoms with Gasteiger partial charge in [-0.1, -0.05) is 0 Å². The molecule has 1 heterocycles. The Balaban J connectivity index is 2.37. The van der Waals surface area contributed by atoms with Gasteiger partial charge in [-0.25, -0.2) is 15.0 Å². The number of piperidine rings is 1. The summed E-state index contributed by atoms with van der Waals surface area (Å²) < 4.78 is 10.1. The molecule has 1 saturated heterocycles. The summed E-state index contributed by atoms with van der Waals surface area (Å²) in [5.74, 6) is 0. The average molecular weight is 312 g/mol. The highest BCUT2D eigenvalue weighted by Gasteiger charge is 2.26. The maximum absolute atomic E-state index is 11.5. The molecule has 0 spiro atoms. The molecule has 0 aromatic carbocycles. The molecule has 0 atom stereocenters. The molecule has 1 aliphatic rings. The zero-order valence-electron chi connectivity index (χ0n) is 14.1. The second kappa shape index (κ2) is 7.58. The summed E-state index contributed by atoms with van der Waals surface area (Å²) in [7, 11) is 0. The maximum Gasteiger partial charge on any atom is 0.428 e. The lowest BCUT2D eigenvalue weighted by Gasteiger charge is -2.33. The molecular formula is C15H26N3O4. The zero-order valence-corrected chi connectivity index (χ0v) is 14.1. The molecule has 0 bridgehead atoms. The fraction of sp³-hybridized carbons (Fsp3) is 0.800. The lowest BCUT2D eigenvalue weighted by molar-refractivity contribution is 0.0448. The van der Waals surface area contributed by atoms with Gasteiger partial charge in [-0.2, -0.15) is 5.10 Å². The van der Waals surface area contributed by atoms with Crippen LogP contribution in [0.4, 0.5) is 4.79 Å². The molecule has 0 aromatic rings. The van der Waals surface area contributed by atoms with Crippen molar-refractivity contribution >= 4 is 18.3 Å². The van der Waals surface area contributed by atoms with E-state index in [0.717, 1.165) is 31.6 Å². The second-order valence-corrected chi connectivity index (χ2v) is 7.01. The van der Waals surface area contributed by atoms with Gasteiger partial charge in [-0.15, -0.1) is 0 Å². The number of rotatable bonds is 5. The number of nitrogens with one attached hydrogen (secondary N) is 1. The maximum atomic E-state index is 11.5. The smallest absolute Gasteiger partial charge is 0.428 e. The van der Waals surface area contributed by atoms with Gasteiger partial charge in [0.05, 0.1) is 0 Å². The third-order valence-electron chi connectivity index (χ3n) is 3.06. The van der Waals surface area contributed by atoms with Crippen LogP contribution < -0.4 is 5.43 Å². The number of hydrogen-bond acceptors (Lipinski definition) is 6. The van der Waals surface area contributed by atoms with Crippen LogP contribution in [0.3, 0.4) is 0 Å². The van der Waals surface area contributed by atoms with Gasteiger partial charge in [0.2, 0.25) is 0 Å². The van der Waals surface area contributed by atoms with Crippen LogP contribution in [0.15, 0.2) is 5.10 Å². The fourth-order valence-electron chi connectivity index (χ4n) is 2.19. The number of carbonyl (C=O) groups excluding carboxylic acids is 2. The molecule has 7 nitrogen and oxygen atoms in total. The SMILES string of the molecule is CC(C)(C)OC(=O)NN=C1CCN(CC(C)(C)O[C]=O)CC1. The third kappa shape index (κ3) is 7.40. The summed E-state index contributed by atoms with van der Waals surface area (Å²) in [5, 5.41) is 4.11. The molecule has 1 N–H and O–H groups in total. The Morgan fingerprint density at radius 1 is 1.27 bits per heavy atom. The quantitative estimate of drug-likeness (QED) is 0.783. The highest BCUT2D eigenvalue weighted by atomic mass is 16.6. The van der Waals surface area contributed by atoms with Crippen molar-refractivity contribution in [1.29, 1.82) is 0 Å². The average Bonchev–Trinajstić information content (AvgIpc) is 2.35. The Morgan fingerprint density at radius 2 is 1.86 bits per heavy atom. The van der Waals surface area contributed by atoms with Gasteiger partial charge in [0.25, 0.3) is 0 Å². The van der Waals surface area contributed by atoms with E-state index in [1.165, 1.54) is 6.47 Å². The van der Waals surface area contributed by atoms with Crippen LogP contribution in [0.1, 0.15) is 47.5 Å². The molecule has 1 aliphatic heterocycles. The summed E-state index contributed by atoms with van der Waals surface area (Å²) in [6.07, 6.45) is 0.978. The number of hydrazone groups is 1. The molecular weight excluding hydrogens is 286 g/mol. The first-order chi connectivity index (χ1) is 10.1. The van der Waals surface area contributed by atoms with Gasteiger partial charge in [0.15, 0.2) is 0 Å². The number of carbonyl (C=O) groups is 1. The van der Waals surface area contributed by atoms with E-state index in [9.17, 15) is 9.59 Å². The van der Waals surface area contributed by atoms with Gasteiger partial charge in [0.1, 0.15) is 11.2 Å². The van der Waals surface area contributed by atoms with E-state index in [2.05, 4.69) is 15.4 Å². The van der Waals surface area contributed by atoms with Crippen LogP contribution >= 0.6 is 0 Å². The molecule has 0 saturated carbocycles. The third-order valence-corrected chi connectivity index (χ3v) is 3.06. The largest absolute Gasteiger partial charge is 0.450 e. The summed E-state index contributed by atoms with van der Waals surface area (Å²) in [6, 6.07) is 0. The minimum Gasteiger partial charge on any atom is -0.450 e. The van der Waals surface area contributed by atoms with Crippen LogP contribution in [-0.2, 0) is 14.3 Å². The Hall–Kier alpha value is -1.63. The highest BCUT2D eigenvalue weighted by Crippen LogP contribution is 2.15. The monoisotopic (exact) mass is 312 g/mol. The van der Waals surface area contributed by atoms with E-state index in [-0.39, 0.29) is 0 Å². The molecule has 22 heavy (non-hydrogen) atoms.